The van der Waals surface area contributed by atoms with Crippen LogP contribution < -0.4 is 10.1 Å². The lowest BCUT2D eigenvalue weighted by Crippen LogP contribution is -2.34. The first-order chi connectivity index (χ1) is 8.04. The number of hydrogen-bond donors (Lipinski definition) is 1. The van der Waals surface area contributed by atoms with Gasteiger partial charge in [0.25, 0.3) is 5.91 Å². The molecule has 1 amide bonds. The van der Waals surface area contributed by atoms with Crippen molar-refractivity contribution in [3.8, 4) is 5.88 Å². The van der Waals surface area contributed by atoms with Gasteiger partial charge in [0, 0.05) is 17.6 Å². The molecular weight excluding hydrogens is 240 g/mol. The summed E-state index contributed by atoms with van der Waals surface area (Å²) in [5.74, 6) is 0.135. The molecule has 94 valence electrons. The number of ether oxygens (including phenoxy) is 1. The van der Waals surface area contributed by atoms with Gasteiger partial charge in [-0.1, -0.05) is 0 Å². The van der Waals surface area contributed by atoms with E-state index in [1.54, 1.807) is 18.3 Å². The Hall–Kier alpha value is -1.29. The van der Waals surface area contributed by atoms with Crippen molar-refractivity contribution >= 4 is 17.5 Å². The molecule has 0 aliphatic rings. The summed E-state index contributed by atoms with van der Waals surface area (Å²) >= 11 is 5.87. The fourth-order valence-electron chi connectivity index (χ4n) is 1.57. The zero-order chi connectivity index (χ0) is 12.8. The van der Waals surface area contributed by atoms with Crippen LogP contribution in [0.25, 0.3) is 0 Å². The molecule has 5 heteroatoms. The highest BCUT2D eigenvalue weighted by molar-refractivity contribution is 6.20. The van der Waals surface area contributed by atoms with Gasteiger partial charge >= 0.3 is 0 Å². The molecule has 1 N–H and O–H groups in total. The van der Waals surface area contributed by atoms with Crippen molar-refractivity contribution in [1.29, 1.82) is 0 Å². The number of carbonyl (C=O) groups excluding carboxylic acids is 1. The Bertz CT molecular complexity index is 383. The van der Waals surface area contributed by atoms with Crippen LogP contribution in [0.2, 0.25) is 0 Å². The zero-order valence-electron chi connectivity index (χ0n) is 10.2. The number of amides is 1. The van der Waals surface area contributed by atoms with E-state index in [-0.39, 0.29) is 17.3 Å². The van der Waals surface area contributed by atoms with Gasteiger partial charge < -0.3 is 10.1 Å². The van der Waals surface area contributed by atoms with Crippen LogP contribution >= 0.6 is 11.6 Å². The molecule has 4 nitrogen and oxygen atoms in total. The number of carbonyl (C=O) groups is 1. The molecule has 0 aliphatic heterocycles. The summed E-state index contributed by atoms with van der Waals surface area (Å²) < 4.78 is 5.03. The maximum absolute atomic E-state index is 11.9. The lowest BCUT2D eigenvalue weighted by Gasteiger charge is -2.15. The van der Waals surface area contributed by atoms with Gasteiger partial charge in [0.2, 0.25) is 5.88 Å². The van der Waals surface area contributed by atoms with Crippen LogP contribution in [0, 0.1) is 0 Å². The summed E-state index contributed by atoms with van der Waals surface area (Å²) in [7, 11) is 1.49. The number of alkyl halides is 1. The standard InChI is InChI=1S/C12H17ClN2O2/c1-8(13)7-9(2)15-11(16)10-5-4-6-14-12(10)17-3/h4-6,8-9H,7H2,1-3H3,(H,15,16). The zero-order valence-corrected chi connectivity index (χ0v) is 11.0. The topological polar surface area (TPSA) is 51.2 Å². The summed E-state index contributed by atoms with van der Waals surface area (Å²) in [5, 5.41) is 2.89. The highest BCUT2D eigenvalue weighted by atomic mass is 35.5. The molecule has 1 heterocycles. The predicted octanol–water partition coefficient (Wildman–Crippen LogP) is 2.23. The first-order valence-electron chi connectivity index (χ1n) is 5.48. The fourth-order valence-corrected chi connectivity index (χ4v) is 1.84. The Labute approximate surface area is 106 Å². The van der Waals surface area contributed by atoms with Crippen molar-refractivity contribution in [3.05, 3.63) is 23.9 Å². The average molecular weight is 257 g/mol. The van der Waals surface area contributed by atoms with Gasteiger partial charge in [-0.05, 0) is 32.4 Å². The van der Waals surface area contributed by atoms with E-state index in [0.29, 0.717) is 11.4 Å². The first-order valence-corrected chi connectivity index (χ1v) is 5.92. The van der Waals surface area contributed by atoms with E-state index in [1.165, 1.54) is 7.11 Å². The van der Waals surface area contributed by atoms with Gasteiger partial charge in [-0.25, -0.2) is 4.98 Å². The molecule has 0 fully saturated rings. The summed E-state index contributed by atoms with van der Waals surface area (Å²) in [5.41, 5.74) is 0.434. The molecule has 0 radical (unpaired) electrons. The minimum atomic E-state index is -0.195. The molecule has 17 heavy (non-hydrogen) atoms. The second-order valence-electron chi connectivity index (χ2n) is 3.95. The van der Waals surface area contributed by atoms with Crippen LogP contribution in [0.3, 0.4) is 0 Å². The molecule has 0 aromatic carbocycles. The highest BCUT2D eigenvalue weighted by Crippen LogP contribution is 2.14. The second-order valence-corrected chi connectivity index (χ2v) is 4.70. The van der Waals surface area contributed by atoms with Gasteiger partial charge in [-0.3, -0.25) is 4.79 Å². The van der Waals surface area contributed by atoms with Crippen molar-refractivity contribution < 1.29 is 9.53 Å². The average Bonchev–Trinajstić information content (AvgIpc) is 2.27. The third-order valence-corrected chi connectivity index (χ3v) is 2.44. The van der Waals surface area contributed by atoms with E-state index in [1.807, 2.05) is 13.8 Å². The Morgan fingerprint density at radius 3 is 2.88 bits per heavy atom. The molecule has 1 aromatic heterocycles. The summed E-state index contributed by atoms with van der Waals surface area (Å²) in [6.45, 7) is 3.81. The van der Waals surface area contributed by atoms with E-state index in [2.05, 4.69) is 10.3 Å². The van der Waals surface area contributed by atoms with Crippen LogP contribution in [0.1, 0.15) is 30.6 Å². The van der Waals surface area contributed by atoms with Gasteiger partial charge in [0.1, 0.15) is 5.56 Å². The number of halogens is 1. The number of nitrogens with zero attached hydrogens (tertiary/aromatic N) is 1. The third kappa shape index (κ3) is 4.23. The van der Waals surface area contributed by atoms with Gasteiger partial charge in [-0.2, -0.15) is 0 Å². The van der Waals surface area contributed by atoms with Crippen molar-refractivity contribution in [2.24, 2.45) is 0 Å². The summed E-state index contributed by atoms with van der Waals surface area (Å²) in [6.07, 6.45) is 2.30. The van der Waals surface area contributed by atoms with Gasteiger partial charge in [-0.15, -0.1) is 11.6 Å². The molecule has 1 aromatic rings. The first kappa shape index (κ1) is 13.8. The SMILES string of the molecule is COc1ncccc1C(=O)NC(C)CC(C)Cl. The Balaban J connectivity index is 2.69. The molecule has 2 atom stereocenters. The fraction of sp³-hybridized carbons (Fsp3) is 0.500. The van der Waals surface area contributed by atoms with E-state index in [4.69, 9.17) is 16.3 Å². The van der Waals surface area contributed by atoms with Crippen LogP contribution in [0.4, 0.5) is 0 Å². The van der Waals surface area contributed by atoms with E-state index < -0.39 is 0 Å². The summed E-state index contributed by atoms with van der Waals surface area (Å²) in [4.78, 5) is 15.9. The van der Waals surface area contributed by atoms with Crippen LogP contribution in [0.15, 0.2) is 18.3 Å². The smallest absolute Gasteiger partial charge is 0.256 e. The van der Waals surface area contributed by atoms with Crippen LogP contribution in [-0.4, -0.2) is 29.4 Å². The molecule has 0 spiro atoms. The molecule has 0 aliphatic carbocycles. The van der Waals surface area contributed by atoms with E-state index in [9.17, 15) is 4.79 Å². The lowest BCUT2D eigenvalue weighted by molar-refractivity contribution is 0.0934. The van der Waals surface area contributed by atoms with Crippen LogP contribution in [-0.2, 0) is 0 Å². The molecule has 0 bridgehead atoms. The maximum atomic E-state index is 11.9. The second kappa shape index (κ2) is 6.45. The molecule has 1 rings (SSSR count). The minimum absolute atomic E-state index is 0.0138. The predicted molar refractivity (Wildman–Crippen MR) is 67.6 cm³/mol. The lowest BCUT2D eigenvalue weighted by atomic mass is 10.1. The number of hydrogen-bond acceptors (Lipinski definition) is 3. The quantitative estimate of drug-likeness (QED) is 0.822. The Kier molecular flexibility index (Phi) is 5.22. The number of aromatic nitrogens is 1. The van der Waals surface area contributed by atoms with Crippen LogP contribution in [0.5, 0.6) is 5.88 Å². The largest absolute Gasteiger partial charge is 0.480 e. The molecule has 2 unspecified atom stereocenters. The van der Waals surface area contributed by atoms with Gasteiger partial charge in [0.05, 0.1) is 7.11 Å². The maximum Gasteiger partial charge on any atom is 0.256 e. The summed E-state index contributed by atoms with van der Waals surface area (Å²) in [6, 6.07) is 3.39. The van der Waals surface area contributed by atoms with E-state index >= 15 is 0 Å². The van der Waals surface area contributed by atoms with E-state index in [0.717, 1.165) is 6.42 Å². The Morgan fingerprint density at radius 2 is 2.29 bits per heavy atom. The van der Waals surface area contributed by atoms with Crippen molar-refractivity contribution in [2.45, 2.75) is 31.7 Å². The van der Waals surface area contributed by atoms with Crippen molar-refractivity contribution in [1.82, 2.24) is 10.3 Å². The third-order valence-electron chi connectivity index (χ3n) is 2.26. The molecule has 0 saturated heterocycles. The Morgan fingerprint density at radius 1 is 1.59 bits per heavy atom. The monoisotopic (exact) mass is 256 g/mol. The normalized spacial score (nSPS) is 13.9. The van der Waals surface area contributed by atoms with Crippen molar-refractivity contribution in [3.63, 3.8) is 0 Å². The molecule has 0 saturated carbocycles. The number of rotatable bonds is 5. The number of nitrogens with one attached hydrogen (secondary N) is 1. The van der Waals surface area contributed by atoms with Crippen molar-refractivity contribution in [2.75, 3.05) is 7.11 Å². The van der Waals surface area contributed by atoms with Gasteiger partial charge in [0.15, 0.2) is 0 Å². The number of methoxy groups -OCH3 is 1. The number of pyridine rings is 1. The molecular formula is C12H17ClN2O2. The minimum Gasteiger partial charge on any atom is -0.480 e. The highest BCUT2D eigenvalue weighted by Gasteiger charge is 2.15.